The van der Waals surface area contributed by atoms with Gasteiger partial charge in [0.1, 0.15) is 5.82 Å². The Morgan fingerprint density at radius 1 is 1.50 bits per heavy atom. The molecule has 1 aliphatic heterocycles. The summed E-state index contributed by atoms with van der Waals surface area (Å²) in [6, 6.07) is 0. The summed E-state index contributed by atoms with van der Waals surface area (Å²) in [5, 5.41) is 0. The van der Waals surface area contributed by atoms with Crippen molar-refractivity contribution in [1.82, 2.24) is 9.97 Å². The molecule has 66 valence electrons. The van der Waals surface area contributed by atoms with Gasteiger partial charge in [-0.15, -0.1) is 0 Å². The summed E-state index contributed by atoms with van der Waals surface area (Å²) in [6.07, 6.45) is 4.17. The van der Waals surface area contributed by atoms with Crippen molar-refractivity contribution >= 4 is 0 Å². The van der Waals surface area contributed by atoms with E-state index in [4.69, 9.17) is 4.74 Å². The fraction of sp³-hybridized carbons (Fsp3) is 0.667. The molecule has 0 spiro atoms. The van der Waals surface area contributed by atoms with Gasteiger partial charge in [-0.25, -0.2) is 4.98 Å². The number of ether oxygens (including phenoxy) is 1. The average Bonchev–Trinajstić information content (AvgIpc) is 2.54. The van der Waals surface area contributed by atoms with Crippen LogP contribution >= 0.6 is 0 Å². The van der Waals surface area contributed by atoms with Gasteiger partial charge in [0.2, 0.25) is 0 Å². The molecular weight excluding hydrogens is 152 g/mol. The van der Waals surface area contributed by atoms with E-state index >= 15 is 0 Å². The van der Waals surface area contributed by atoms with Crippen LogP contribution in [0.2, 0.25) is 0 Å². The van der Waals surface area contributed by atoms with E-state index in [0.29, 0.717) is 5.92 Å². The first-order chi connectivity index (χ1) is 5.86. The third-order valence-electron chi connectivity index (χ3n) is 2.33. The van der Waals surface area contributed by atoms with Crippen LogP contribution < -0.4 is 0 Å². The zero-order valence-electron chi connectivity index (χ0n) is 7.34. The Hall–Kier alpha value is -0.830. The number of imidazole rings is 1. The van der Waals surface area contributed by atoms with Gasteiger partial charge in [-0.1, -0.05) is 0 Å². The normalized spacial score (nSPS) is 19.8. The molecule has 2 heterocycles. The predicted molar refractivity (Wildman–Crippen MR) is 46.1 cm³/mol. The van der Waals surface area contributed by atoms with Crippen molar-refractivity contribution in [3.8, 4) is 0 Å². The molecule has 1 aromatic rings. The van der Waals surface area contributed by atoms with E-state index in [0.717, 1.165) is 37.6 Å². The number of nitrogens with one attached hydrogen (secondary N) is 1. The maximum atomic E-state index is 5.29. The second-order valence-electron chi connectivity index (χ2n) is 3.31. The molecule has 0 radical (unpaired) electrons. The second-order valence-corrected chi connectivity index (χ2v) is 3.31. The molecule has 1 saturated heterocycles. The topological polar surface area (TPSA) is 37.9 Å². The monoisotopic (exact) mass is 166 g/mol. The number of H-pyrrole nitrogens is 1. The van der Waals surface area contributed by atoms with Gasteiger partial charge in [0, 0.05) is 25.3 Å². The van der Waals surface area contributed by atoms with E-state index in [2.05, 4.69) is 9.97 Å². The highest BCUT2D eigenvalue weighted by Crippen LogP contribution is 2.23. The van der Waals surface area contributed by atoms with E-state index in [9.17, 15) is 0 Å². The lowest BCUT2D eigenvalue weighted by atomic mass is 10.00. The molecule has 0 saturated carbocycles. The Balaban J connectivity index is 2.08. The van der Waals surface area contributed by atoms with E-state index in [1.165, 1.54) is 0 Å². The summed E-state index contributed by atoms with van der Waals surface area (Å²) < 4.78 is 5.29. The van der Waals surface area contributed by atoms with Crippen LogP contribution in [0, 0.1) is 6.92 Å². The second kappa shape index (κ2) is 3.27. The quantitative estimate of drug-likeness (QED) is 0.688. The molecular formula is C9H14N2O. The molecule has 0 aliphatic carbocycles. The highest BCUT2D eigenvalue weighted by Gasteiger charge is 2.17. The van der Waals surface area contributed by atoms with Crippen LogP contribution in [0.5, 0.6) is 0 Å². The largest absolute Gasteiger partial charge is 0.381 e. The molecule has 0 bridgehead atoms. The molecule has 0 atom stereocenters. The predicted octanol–water partition coefficient (Wildman–Crippen LogP) is 1.61. The number of rotatable bonds is 1. The zero-order chi connectivity index (χ0) is 8.39. The van der Waals surface area contributed by atoms with Crippen molar-refractivity contribution in [1.29, 1.82) is 0 Å². The third kappa shape index (κ3) is 1.50. The molecule has 1 aromatic heterocycles. The number of hydrogen-bond acceptors (Lipinski definition) is 2. The van der Waals surface area contributed by atoms with Crippen LogP contribution in [0.1, 0.15) is 30.3 Å². The van der Waals surface area contributed by atoms with Crippen LogP contribution in [-0.4, -0.2) is 23.2 Å². The first-order valence-electron chi connectivity index (χ1n) is 4.46. The van der Waals surface area contributed by atoms with Crippen LogP contribution in [0.3, 0.4) is 0 Å². The molecule has 1 N–H and O–H groups in total. The van der Waals surface area contributed by atoms with Crippen molar-refractivity contribution in [3.63, 3.8) is 0 Å². The maximum absolute atomic E-state index is 5.29. The summed E-state index contributed by atoms with van der Waals surface area (Å²) in [4.78, 5) is 7.63. The summed E-state index contributed by atoms with van der Waals surface area (Å²) in [5.74, 6) is 1.73. The zero-order valence-corrected chi connectivity index (χ0v) is 7.34. The number of aromatic amines is 1. The van der Waals surface area contributed by atoms with Gasteiger partial charge in [0.15, 0.2) is 0 Å². The van der Waals surface area contributed by atoms with Crippen LogP contribution in [-0.2, 0) is 4.74 Å². The lowest BCUT2D eigenvalue weighted by Gasteiger charge is -2.19. The molecule has 1 fully saturated rings. The highest BCUT2D eigenvalue weighted by molar-refractivity contribution is 5.04. The summed E-state index contributed by atoms with van der Waals surface area (Å²) in [7, 11) is 0. The van der Waals surface area contributed by atoms with Crippen LogP contribution in [0.25, 0.3) is 0 Å². The minimum atomic E-state index is 0.590. The van der Waals surface area contributed by atoms with Crippen molar-refractivity contribution in [2.24, 2.45) is 0 Å². The minimum Gasteiger partial charge on any atom is -0.381 e. The van der Waals surface area contributed by atoms with Gasteiger partial charge >= 0.3 is 0 Å². The summed E-state index contributed by atoms with van der Waals surface area (Å²) >= 11 is 0. The lowest BCUT2D eigenvalue weighted by Crippen LogP contribution is -2.15. The fourth-order valence-electron chi connectivity index (χ4n) is 1.61. The van der Waals surface area contributed by atoms with Gasteiger partial charge in [-0.2, -0.15) is 0 Å². The Bertz CT molecular complexity index is 251. The maximum Gasteiger partial charge on any atom is 0.109 e. The SMILES string of the molecule is Cc1c[nH]c(C2CCOCC2)n1. The number of aryl methyl sites for hydroxylation is 1. The molecule has 0 unspecified atom stereocenters. The van der Waals surface area contributed by atoms with Crippen molar-refractivity contribution in [2.75, 3.05) is 13.2 Å². The summed E-state index contributed by atoms with van der Waals surface area (Å²) in [6.45, 7) is 3.77. The highest BCUT2D eigenvalue weighted by atomic mass is 16.5. The van der Waals surface area contributed by atoms with Crippen LogP contribution in [0.15, 0.2) is 6.20 Å². The third-order valence-corrected chi connectivity index (χ3v) is 2.33. The van der Waals surface area contributed by atoms with Gasteiger partial charge in [-0.05, 0) is 19.8 Å². The van der Waals surface area contributed by atoms with Gasteiger partial charge in [0.25, 0.3) is 0 Å². The van der Waals surface area contributed by atoms with E-state index < -0.39 is 0 Å². The van der Waals surface area contributed by atoms with Crippen LogP contribution in [0.4, 0.5) is 0 Å². The standard InChI is InChI=1S/C9H14N2O/c1-7-6-10-9(11-7)8-2-4-12-5-3-8/h6,8H,2-5H2,1H3,(H,10,11). The smallest absolute Gasteiger partial charge is 0.109 e. The first-order valence-corrected chi connectivity index (χ1v) is 4.46. The lowest BCUT2D eigenvalue weighted by molar-refractivity contribution is 0.0837. The number of nitrogens with zero attached hydrogens (tertiary/aromatic N) is 1. The molecule has 3 heteroatoms. The molecule has 0 aromatic carbocycles. The Morgan fingerprint density at radius 3 is 2.83 bits per heavy atom. The molecule has 12 heavy (non-hydrogen) atoms. The number of hydrogen-bond donors (Lipinski definition) is 1. The van der Waals surface area contributed by atoms with Gasteiger partial charge in [-0.3, -0.25) is 0 Å². The fourth-order valence-corrected chi connectivity index (χ4v) is 1.61. The van der Waals surface area contributed by atoms with E-state index in [1.807, 2.05) is 13.1 Å². The molecule has 2 rings (SSSR count). The van der Waals surface area contributed by atoms with Gasteiger partial charge in [0.05, 0.1) is 5.69 Å². The molecule has 3 nitrogen and oxygen atoms in total. The first kappa shape index (κ1) is 7.80. The van der Waals surface area contributed by atoms with Crippen molar-refractivity contribution < 1.29 is 4.74 Å². The van der Waals surface area contributed by atoms with Crippen molar-refractivity contribution in [3.05, 3.63) is 17.7 Å². The van der Waals surface area contributed by atoms with Crippen molar-refractivity contribution in [2.45, 2.75) is 25.7 Å². The van der Waals surface area contributed by atoms with E-state index in [1.54, 1.807) is 0 Å². The number of aromatic nitrogens is 2. The van der Waals surface area contributed by atoms with E-state index in [-0.39, 0.29) is 0 Å². The summed E-state index contributed by atoms with van der Waals surface area (Å²) in [5.41, 5.74) is 1.08. The average molecular weight is 166 g/mol. The Labute approximate surface area is 72.2 Å². The Kier molecular flexibility index (Phi) is 2.13. The Morgan fingerprint density at radius 2 is 2.25 bits per heavy atom. The molecule has 1 aliphatic rings. The minimum absolute atomic E-state index is 0.590. The van der Waals surface area contributed by atoms with Gasteiger partial charge < -0.3 is 9.72 Å². The molecule has 0 amide bonds.